The number of aryl methyl sites for hydroxylation is 1. The molecule has 0 fully saturated rings. The second-order valence-electron chi connectivity index (χ2n) is 11.0. The van der Waals surface area contributed by atoms with Gasteiger partial charge in [0, 0.05) is 67.4 Å². The molecule has 1 N–H and O–H groups in total. The molecule has 0 bridgehead atoms. The first-order chi connectivity index (χ1) is 18.2. The third-order valence-electron chi connectivity index (χ3n) is 7.73. The molecule has 38 heavy (non-hydrogen) atoms. The molecule has 1 atom stereocenters. The highest BCUT2D eigenvalue weighted by atomic mass is 16.2. The fourth-order valence-electron chi connectivity index (χ4n) is 5.87. The van der Waals surface area contributed by atoms with Crippen molar-refractivity contribution in [3.8, 4) is 0 Å². The molecule has 2 aliphatic rings. The predicted molar refractivity (Wildman–Crippen MR) is 152 cm³/mol. The third kappa shape index (κ3) is 3.76. The lowest BCUT2D eigenvalue weighted by Gasteiger charge is -2.25. The summed E-state index contributed by atoms with van der Waals surface area (Å²) in [7, 11) is 3.97. The molecule has 7 heteroatoms. The minimum absolute atomic E-state index is 0.237. The van der Waals surface area contributed by atoms with E-state index in [1.54, 1.807) is 0 Å². The Kier molecular flexibility index (Phi) is 5.74. The maximum atomic E-state index is 13.9. The van der Waals surface area contributed by atoms with Crippen LogP contribution in [-0.4, -0.2) is 46.9 Å². The quantitative estimate of drug-likeness (QED) is 0.386. The van der Waals surface area contributed by atoms with Crippen molar-refractivity contribution in [1.82, 2.24) is 14.5 Å². The second kappa shape index (κ2) is 9.01. The molecule has 4 heterocycles. The highest BCUT2D eigenvalue weighted by Gasteiger charge is 2.42. The van der Waals surface area contributed by atoms with Crippen LogP contribution in [0.25, 0.3) is 21.8 Å². The number of fused-ring (bicyclic) bond motifs is 1. The molecular formula is C31H33N5O2. The first-order valence-electron chi connectivity index (χ1n) is 13.3. The van der Waals surface area contributed by atoms with Crippen LogP contribution in [0.1, 0.15) is 44.2 Å². The molecule has 0 saturated carbocycles. The molecular weight excluding hydrogens is 474 g/mol. The van der Waals surface area contributed by atoms with Gasteiger partial charge >= 0.3 is 0 Å². The van der Waals surface area contributed by atoms with Crippen LogP contribution in [0, 0.1) is 5.92 Å². The number of benzene rings is 2. The van der Waals surface area contributed by atoms with Gasteiger partial charge in [0.15, 0.2) is 0 Å². The van der Waals surface area contributed by atoms with Gasteiger partial charge in [-0.05, 0) is 42.2 Å². The van der Waals surface area contributed by atoms with E-state index in [0.717, 1.165) is 63.1 Å². The van der Waals surface area contributed by atoms with Gasteiger partial charge in [-0.25, -0.2) is 4.98 Å². The van der Waals surface area contributed by atoms with Crippen LogP contribution >= 0.6 is 0 Å². The number of amides is 2. The smallest absolute Gasteiger partial charge is 0.259 e. The second-order valence-corrected chi connectivity index (χ2v) is 11.0. The lowest BCUT2D eigenvalue weighted by atomic mass is 9.84. The average molecular weight is 508 g/mol. The number of aromatic nitrogens is 2. The van der Waals surface area contributed by atoms with E-state index in [9.17, 15) is 9.59 Å². The molecule has 7 nitrogen and oxygen atoms in total. The van der Waals surface area contributed by atoms with E-state index in [0.29, 0.717) is 11.5 Å². The number of para-hydroxylation sites is 1. The molecule has 2 aliphatic heterocycles. The van der Waals surface area contributed by atoms with Crippen molar-refractivity contribution in [2.24, 2.45) is 5.92 Å². The number of anilines is 2. The van der Waals surface area contributed by atoms with Crippen molar-refractivity contribution in [1.29, 1.82) is 0 Å². The average Bonchev–Trinajstić information content (AvgIpc) is 3.36. The Morgan fingerprint density at radius 1 is 1.13 bits per heavy atom. The molecule has 194 valence electrons. The van der Waals surface area contributed by atoms with Gasteiger partial charge in [0.25, 0.3) is 5.91 Å². The number of carbonyl (C=O) groups is 2. The maximum Gasteiger partial charge on any atom is 0.259 e. The van der Waals surface area contributed by atoms with Gasteiger partial charge in [0.05, 0.1) is 23.2 Å². The highest BCUT2D eigenvalue weighted by molar-refractivity contribution is 6.11. The van der Waals surface area contributed by atoms with Crippen LogP contribution in [0.15, 0.2) is 66.0 Å². The minimum Gasteiger partial charge on any atom is -0.362 e. The predicted octanol–water partition coefficient (Wildman–Crippen LogP) is 5.50. The van der Waals surface area contributed by atoms with Crippen molar-refractivity contribution in [2.75, 3.05) is 30.9 Å². The van der Waals surface area contributed by atoms with Gasteiger partial charge in [-0.2, -0.15) is 0 Å². The lowest BCUT2D eigenvalue weighted by molar-refractivity contribution is -0.139. The molecule has 0 unspecified atom stereocenters. The topological polar surface area (TPSA) is 70.5 Å². The van der Waals surface area contributed by atoms with Gasteiger partial charge in [0.1, 0.15) is 5.82 Å². The van der Waals surface area contributed by atoms with Gasteiger partial charge in [-0.3, -0.25) is 14.5 Å². The molecule has 6 rings (SSSR count). The number of pyridine rings is 1. The number of hydrogen-bond donors (Lipinski definition) is 1. The molecule has 4 aromatic rings. The Morgan fingerprint density at radius 2 is 1.92 bits per heavy atom. The van der Waals surface area contributed by atoms with E-state index >= 15 is 0 Å². The Hall–Kier alpha value is -4.13. The van der Waals surface area contributed by atoms with E-state index in [4.69, 9.17) is 4.98 Å². The fourth-order valence-corrected chi connectivity index (χ4v) is 5.87. The van der Waals surface area contributed by atoms with Crippen LogP contribution in [0.3, 0.4) is 0 Å². The third-order valence-corrected chi connectivity index (χ3v) is 7.73. The van der Waals surface area contributed by atoms with E-state index < -0.39 is 0 Å². The van der Waals surface area contributed by atoms with Gasteiger partial charge < -0.3 is 14.8 Å². The number of rotatable bonds is 5. The molecule has 0 saturated heterocycles. The molecule has 0 radical (unpaired) electrons. The first-order valence-corrected chi connectivity index (χ1v) is 13.3. The molecule has 0 spiro atoms. The van der Waals surface area contributed by atoms with Crippen LogP contribution < -0.4 is 10.2 Å². The number of imide groups is 1. The summed E-state index contributed by atoms with van der Waals surface area (Å²) in [5.41, 5.74) is 6.45. The van der Waals surface area contributed by atoms with E-state index in [1.807, 2.05) is 37.2 Å². The van der Waals surface area contributed by atoms with E-state index in [1.165, 1.54) is 11.8 Å². The van der Waals surface area contributed by atoms with Crippen molar-refractivity contribution < 1.29 is 9.59 Å². The fraction of sp³-hybridized carbons (Fsp3) is 0.323. The standard InChI is InChI=1S/C31H33N5O2/c1-18(2)13-14-35-16-22-27(21-15-20-9-6-7-10-23(20)33-30(21)34(4)5)29-25(17-36(19(3)37)31(29)38)32-24-11-8-12-26(35)28(22)24/h6-12,15-16,18,27,32H,13-14,17H2,1-5H3/t27-/m1/s1. The lowest BCUT2D eigenvalue weighted by Crippen LogP contribution is -2.33. The molecule has 2 aromatic carbocycles. The number of nitrogens with one attached hydrogen (secondary N) is 1. The largest absolute Gasteiger partial charge is 0.362 e. The highest BCUT2D eigenvalue weighted by Crippen LogP contribution is 2.48. The Morgan fingerprint density at radius 3 is 2.66 bits per heavy atom. The Balaban J connectivity index is 1.67. The molecule has 2 aromatic heterocycles. The first kappa shape index (κ1) is 24.2. The van der Waals surface area contributed by atoms with E-state index in [-0.39, 0.29) is 24.3 Å². The summed E-state index contributed by atoms with van der Waals surface area (Å²) in [6.45, 7) is 7.06. The summed E-state index contributed by atoms with van der Waals surface area (Å²) >= 11 is 0. The van der Waals surface area contributed by atoms with E-state index in [2.05, 4.69) is 60.3 Å². The Labute approximate surface area is 222 Å². The van der Waals surface area contributed by atoms with Crippen LogP contribution in [0.2, 0.25) is 0 Å². The monoisotopic (exact) mass is 507 g/mol. The molecule has 0 aliphatic carbocycles. The maximum absolute atomic E-state index is 13.9. The zero-order valence-corrected chi connectivity index (χ0v) is 22.6. The van der Waals surface area contributed by atoms with Gasteiger partial charge in [-0.1, -0.05) is 38.1 Å². The van der Waals surface area contributed by atoms with Gasteiger partial charge in [-0.15, -0.1) is 0 Å². The number of nitrogens with zero attached hydrogens (tertiary/aromatic N) is 4. The summed E-state index contributed by atoms with van der Waals surface area (Å²) < 4.78 is 2.32. The normalized spacial score (nSPS) is 16.8. The molecule has 2 amide bonds. The number of carbonyl (C=O) groups excluding carboxylic acids is 2. The van der Waals surface area contributed by atoms with Gasteiger partial charge in [0.2, 0.25) is 5.91 Å². The summed E-state index contributed by atoms with van der Waals surface area (Å²) in [5.74, 6) is 0.521. The summed E-state index contributed by atoms with van der Waals surface area (Å²) in [5, 5.41) is 5.72. The zero-order chi connectivity index (χ0) is 26.7. The summed E-state index contributed by atoms with van der Waals surface area (Å²) in [6, 6.07) is 16.5. The number of hydrogen-bond acceptors (Lipinski definition) is 5. The van der Waals surface area contributed by atoms with Crippen LogP contribution in [0.4, 0.5) is 11.5 Å². The Bertz CT molecular complexity index is 1650. The van der Waals surface area contributed by atoms with Crippen molar-refractivity contribution in [2.45, 2.75) is 39.7 Å². The minimum atomic E-state index is -0.379. The van der Waals surface area contributed by atoms with Crippen LogP contribution in [0.5, 0.6) is 0 Å². The zero-order valence-electron chi connectivity index (χ0n) is 22.6. The van der Waals surface area contributed by atoms with Crippen LogP contribution in [-0.2, 0) is 16.1 Å². The SMILES string of the molecule is CC(=O)N1CC2=C(C1=O)[C@H](c1cc3ccccc3nc1N(C)C)c1cn(CCC(C)C)c3cccc(c13)N2. The summed E-state index contributed by atoms with van der Waals surface area (Å²) in [4.78, 5) is 34.8. The van der Waals surface area contributed by atoms with Crippen molar-refractivity contribution in [3.63, 3.8) is 0 Å². The summed E-state index contributed by atoms with van der Waals surface area (Å²) in [6.07, 6.45) is 3.27. The van der Waals surface area contributed by atoms with Crippen molar-refractivity contribution >= 4 is 45.1 Å². The van der Waals surface area contributed by atoms with Crippen molar-refractivity contribution in [3.05, 3.63) is 77.1 Å².